The van der Waals surface area contributed by atoms with Gasteiger partial charge in [0, 0.05) is 39.1 Å². The Kier molecular flexibility index (Phi) is 10.1. The van der Waals surface area contributed by atoms with Crippen molar-refractivity contribution in [2.45, 2.75) is 52.0 Å². The number of guanidine groups is 1. The molecule has 158 valence electrons. The highest BCUT2D eigenvalue weighted by molar-refractivity contribution is 5.79. The lowest BCUT2D eigenvalue weighted by Gasteiger charge is -2.37. The molecular formula is C21H36N4O3. The van der Waals surface area contributed by atoms with Crippen molar-refractivity contribution in [3.63, 3.8) is 0 Å². The van der Waals surface area contributed by atoms with Crippen LogP contribution in [-0.4, -0.2) is 56.1 Å². The van der Waals surface area contributed by atoms with Crippen molar-refractivity contribution in [1.29, 1.82) is 0 Å². The number of nitrogens with zero attached hydrogens (tertiary/aromatic N) is 2. The molecule has 0 atom stereocenters. The average Bonchev–Trinajstić information content (AvgIpc) is 2.72. The minimum absolute atomic E-state index is 0.186. The highest BCUT2D eigenvalue weighted by Gasteiger charge is 2.31. The van der Waals surface area contributed by atoms with Crippen LogP contribution in [0.2, 0.25) is 0 Å². The molecule has 3 N–H and O–H groups in total. The second kappa shape index (κ2) is 12.6. The number of hydrogen-bond donors (Lipinski definition) is 3. The molecule has 1 fully saturated rings. The molecule has 1 saturated carbocycles. The molecule has 28 heavy (non-hydrogen) atoms. The smallest absolute Gasteiger partial charge is 0.213 e. The predicted molar refractivity (Wildman–Crippen MR) is 112 cm³/mol. The number of rotatable bonds is 11. The summed E-state index contributed by atoms with van der Waals surface area (Å²) in [7, 11) is 1.65. The van der Waals surface area contributed by atoms with Crippen LogP contribution in [0.3, 0.4) is 0 Å². The zero-order chi connectivity index (χ0) is 20.1. The molecule has 1 aliphatic carbocycles. The Morgan fingerprint density at radius 2 is 2.04 bits per heavy atom. The molecule has 1 aliphatic rings. The lowest BCUT2D eigenvalue weighted by molar-refractivity contribution is 0.131. The zero-order valence-corrected chi connectivity index (χ0v) is 17.4. The molecular weight excluding hydrogens is 356 g/mol. The quantitative estimate of drug-likeness (QED) is 0.305. The molecule has 0 unspecified atom stereocenters. The fourth-order valence-electron chi connectivity index (χ4n) is 3.66. The lowest BCUT2D eigenvalue weighted by Crippen LogP contribution is -2.44. The van der Waals surface area contributed by atoms with Crippen LogP contribution in [-0.2, 0) is 11.3 Å². The van der Waals surface area contributed by atoms with Crippen LogP contribution < -0.4 is 15.4 Å². The molecule has 1 heterocycles. The maximum Gasteiger partial charge on any atom is 0.213 e. The van der Waals surface area contributed by atoms with Crippen molar-refractivity contribution in [3.05, 3.63) is 23.9 Å². The van der Waals surface area contributed by atoms with E-state index in [2.05, 4.69) is 22.5 Å². The summed E-state index contributed by atoms with van der Waals surface area (Å²) in [6, 6.07) is 3.84. The Balaban J connectivity index is 1.90. The minimum Gasteiger partial charge on any atom is -0.475 e. The molecule has 0 radical (unpaired) electrons. The van der Waals surface area contributed by atoms with E-state index in [0.29, 0.717) is 25.6 Å². The lowest BCUT2D eigenvalue weighted by atomic mass is 9.72. The number of pyridine rings is 1. The number of aromatic nitrogens is 1. The Labute approximate surface area is 169 Å². The van der Waals surface area contributed by atoms with Gasteiger partial charge in [-0.15, -0.1) is 0 Å². The molecule has 0 spiro atoms. The van der Waals surface area contributed by atoms with Crippen molar-refractivity contribution in [2.75, 3.05) is 40.0 Å². The highest BCUT2D eigenvalue weighted by Crippen LogP contribution is 2.38. The molecule has 2 rings (SSSR count). The van der Waals surface area contributed by atoms with Gasteiger partial charge in [0.15, 0.2) is 5.96 Å². The van der Waals surface area contributed by atoms with E-state index in [1.165, 1.54) is 32.1 Å². The fraction of sp³-hybridized carbons (Fsp3) is 0.714. The van der Waals surface area contributed by atoms with Crippen LogP contribution in [0.25, 0.3) is 0 Å². The van der Waals surface area contributed by atoms with Gasteiger partial charge in [-0.25, -0.2) is 9.98 Å². The molecule has 7 heteroatoms. The van der Waals surface area contributed by atoms with Gasteiger partial charge < -0.3 is 25.2 Å². The Morgan fingerprint density at radius 3 is 2.68 bits per heavy atom. The average molecular weight is 393 g/mol. The summed E-state index contributed by atoms with van der Waals surface area (Å²) < 4.78 is 10.5. The van der Waals surface area contributed by atoms with Crippen molar-refractivity contribution < 1.29 is 14.6 Å². The van der Waals surface area contributed by atoms with E-state index in [4.69, 9.17) is 14.5 Å². The number of aliphatic hydroxyl groups excluding tert-OH is 1. The van der Waals surface area contributed by atoms with Gasteiger partial charge >= 0.3 is 0 Å². The Hall–Kier alpha value is -1.86. The van der Waals surface area contributed by atoms with Gasteiger partial charge in [-0.05, 0) is 37.2 Å². The third kappa shape index (κ3) is 7.64. The van der Waals surface area contributed by atoms with E-state index in [-0.39, 0.29) is 12.0 Å². The zero-order valence-electron chi connectivity index (χ0n) is 17.4. The maximum absolute atomic E-state index is 9.50. The Morgan fingerprint density at radius 1 is 1.21 bits per heavy atom. The second-order valence-corrected chi connectivity index (χ2v) is 7.43. The molecule has 0 amide bonds. The molecule has 0 saturated heterocycles. The van der Waals surface area contributed by atoms with Crippen molar-refractivity contribution >= 4 is 5.96 Å². The van der Waals surface area contributed by atoms with Crippen LogP contribution in [0.5, 0.6) is 5.88 Å². The van der Waals surface area contributed by atoms with Crippen LogP contribution >= 0.6 is 0 Å². The van der Waals surface area contributed by atoms with E-state index in [9.17, 15) is 5.11 Å². The van der Waals surface area contributed by atoms with Crippen LogP contribution in [0.15, 0.2) is 23.3 Å². The van der Waals surface area contributed by atoms with Crippen LogP contribution in [0.1, 0.15) is 51.0 Å². The van der Waals surface area contributed by atoms with Gasteiger partial charge in [0.2, 0.25) is 5.88 Å². The minimum atomic E-state index is 0.186. The largest absolute Gasteiger partial charge is 0.475 e. The van der Waals surface area contributed by atoms with Gasteiger partial charge in [-0.2, -0.15) is 0 Å². The summed E-state index contributed by atoms with van der Waals surface area (Å²) in [5.74, 6) is 1.41. The standard InChI is InChI=1S/C21H36N4O3/c1-3-22-20(25-17-21(11-12-26)9-5-4-6-10-21)24-16-18-7-8-19(23-15-18)28-14-13-27-2/h7-8,15,26H,3-6,9-14,16-17H2,1-2H3,(H2,22,24,25). The SMILES string of the molecule is CCNC(=NCc1ccc(OCCOC)nc1)NCC1(CCO)CCCCC1. The van der Waals surface area contributed by atoms with Gasteiger partial charge in [-0.3, -0.25) is 0 Å². The third-order valence-corrected chi connectivity index (χ3v) is 5.29. The topological polar surface area (TPSA) is 88.0 Å². The number of methoxy groups -OCH3 is 1. The first-order chi connectivity index (χ1) is 13.7. The van der Waals surface area contributed by atoms with E-state index in [0.717, 1.165) is 31.0 Å². The molecule has 0 aliphatic heterocycles. The monoisotopic (exact) mass is 392 g/mol. The van der Waals surface area contributed by atoms with Gasteiger partial charge in [0.05, 0.1) is 13.2 Å². The van der Waals surface area contributed by atoms with Crippen molar-refractivity contribution in [2.24, 2.45) is 10.4 Å². The summed E-state index contributed by atoms with van der Waals surface area (Å²) in [5.41, 5.74) is 1.21. The number of nitrogens with one attached hydrogen (secondary N) is 2. The second-order valence-electron chi connectivity index (χ2n) is 7.43. The normalized spacial score (nSPS) is 16.6. The number of aliphatic hydroxyl groups is 1. The maximum atomic E-state index is 9.50. The summed E-state index contributed by atoms with van der Waals surface area (Å²) in [5, 5.41) is 16.3. The van der Waals surface area contributed by atoms with Crippen molar-refractivity contribution in [1.82, 2.24) is 15.6 Å². The van der Waals surface area contributed by atoms with E-state index in [1.807, 2.05) is 12.1 Å². The molecule has 7 nitrogen and oxygen atoms in total. The summed E-state index contributed by atoms with van der Waals surface area (Å²) in [4.78, 5) is 9.01. The van der Waals surface area contributed by atoms with Gasteiger partial charge in [0.25, 0.3) is 0 Å². The first-order valence-electron chi connectivity index (χ1n) is 10.4. The summed E-state index contributed by atoms with van der Waals surface area (Å²) in [6.07, 6.45) is 8.81. The van der Waals surface area contributed by atoms with Gasteiger partial charge in [-0.1, -0.05) is 25.3 Å². The van der Waals surface area contributed by atoms with E-state index >= 15 is 0 Å². The predicted octanol–water partition coefficient (Wildman–Crippen LogP) is 2.49. The van der Waals surface area contributed by atoms with Gasteiger partial charge in [0.1, 0.15) is 6.61 Å². The van der Waals surface area contributed by atoms with Crippen LogP contribution in [0, 0.1) is 5.41 Å². The highest BCUT2D eigenvalue weighted by atomic mass is 16.5. The summed E-state index contributed by atoms with van der Waals surface area (Å²) in [6.45, 7) is 5.56. The third-order valence-electron chi connectivity index (χ3n) is 5.29. The fourth-order valence-corrected chi connectivity index (χ4v) is 3.66. The van der Waals surface area contributed by atoms with Crippen LogP contribution in [0.4, 0.5) is 0 Å². The molecule has 0 bridgehead atoms. The van der Waals surface area contributed by atoms with E-state index in [1.54, 1.807) is 13.3 Å². The molecule has 1 aromatic rings. The summed E-state index contributed by atoms with van der Waals surface area (Å²) >= 11 is 0. The van der Waals surface area contributed by atoms with Crippen molar-refractivity contribution in [3.8, 4) is 5.88 Å². The number of ether oxygens (including phenoxy) is 2. The first kappa shape index (κ1) is 22.4. The Bertz CT molecular complexity index is 566. The molecule has 1 aromatic heterocycles. The number of aliphatic imine (C=N–C) groups is 1. The number of hydrogen-bond acceptors (Lipinski definition) is 5. The molecule has 0 aromatic carbocycles. The first-order valence-corrected chi connectivity index (χ1v) is 10.4. The van der Waals surface area contributed by atoms with E-state index < -0.39 is 0 Å².